The molecule has 3 aromatic rings. The summed E-state index contributed by atoms with van der Waals surface area (Å²) in [7, 11) is 0.187. The smallest absolute Gasteiger partial charge is 0.254 e. The Bertz CT molecular complexity index is 1230. The van der Waals surface area contributed by atoms with E-state index in [4.69, 9.17) is 11.6 Å². The highest BCUT2D eigenvalue weighted by molar-refractivity contribution is 7.87. The molecule has 0 aliphatic heterocycles. The number of hydrogen-bond donors (Lipinski definition) is 2. The average Bonchev–Trinajstić information content (AvgIpc) is 3.52. The summed E-state index contributed by atoms with van der Waals surface area (Å²) in [6.07, 6.45) is 2.46. The first kappa shape index (κ1) is 21.5. The van der Waals surface area contributed by atoms with Crippen LogP contribution in [0.4, 0.5) is 21.6 Å². The summed E-state index contributed by atoms with van der Waals surface area (Å²) in [4.78, 5) is 16.6. The van der Waals surface area contributed by atoms with Gasteiger partial charge in [-0.2, -0.15) is 0 Å². The maximum Gasteiger partial charge on any atom is 0.254 e. The SMILES string of the molecule is Cc1ccc(Nc2c(NS(=O)C3CC3c3ccc(Cl)nc3)cc(C)c(=O)n2C)c(F)c1. The Kier molecular flexibility index (Phi) is 5.85. The summed E-state index contributed by atoms with van der Waals surface area (Å²) in [6, 6.07) is 10.0. The van der Waals surface area contributed by atoms with E-state index in [2.05, 4.69) is 15.0 Å². The molecule has 31 heavy (non-hydrogen) atoms. The molecular formula is C22H22ClFN4O2S. The minimum atomic E-state index is -1.41. The summed E-state index contributed by atoms with van der Waals surface area (Å²) in [5, 5.41) is 3.31. The standard InChI is InChI=1S/C22H22ClFN4O2S/c1-12-4-6-17(16(24)8-12)26-21-18(9-13(2)22(29)28(21)3)27-31(30)19-10-15(19)14-5-7-20(23)25-11-14/h4-9,11,15,19,26-27H,10H2,1-3H3. The Morgan fingerprint density at radius 2 is 1.97 bits per heavy atom. The second-order valence-corrected chi connectivity index (χ2v) is 9.55. The Balaban J connectivity index is 1.60. The first-order chi connectivity index (χ1) is 14.7. The molecule has 0 bridgehead atoms. The van der Waals surface area contributed by atoms with E-state index in [1.807, 2.05) is 6.07 Å². The molecule has 0 spiro atoms. The van der Waals surface area contributed by atoms with Crippen LogP contribution in [-0.2, 0) is 18.0 Å². The van der Waals surface area contributed by atoms with Crippen LogP contribution in [0.15, 0.2) is 47.4 Å². The van der Waals surface area contributed by atoms with Crippen molar-refractivity contribution >= 4 is 39.8 Å². The van der Waals surface area contributed by atoms with Crippen molar-refractivity contribution in [3.8, 4) is 0 Å². The van der Waals surface area contributed by atoms with Gasteiger partial charge in [0.05, 0.1) is 16.6 Å². The molecular weight excluding hydrogens is 439 g/mol. The van der Waals surface area contributed by atoms with Crippen molar-refractivity contribution in [3.05, 3.63) is 80.6 Å². The van der Waals surface area contributed by atoms with Crippen LogP contribution in [0, 0.1) is 19.7 Å². The molecule has 1 aromatic carbocycles. The van der Waals surface area contributed by atoms with Crippen molar-refractivity contribution < 1.29 is 8.60 Å². The Hall–Kier alpha value is -2.71. The van der Waals surface area contributed by atoms with Gasteiger partial charge in [0.2, 0.25) is 0 Å². The van der Waals surface area contributed by atoms with Crippen molar-refractivity contribution in [2.45, 2.75) is 31.4 Å². The molecule has 1 saturated carbocycles. The van der Waals surface area contributed by atoms with Gasteiger partial charge in [-0.15, -0.1) is 0 Å². The number of nitrogens with zero attached hydrogens (tertiary/aromatic N) is 2. The van der Waals surface area contributed by atoms with Gasteiger partial charge in [0.15, 0.2) is 0 Å². The molecule has 1 aliphatic carbocycles. The van der Waals surface area contributed by atoms with Crippen molar-refractivity contribution in [1.29, 1.82) is 0 Å². The molecule has 9 heteroatoms. The number of anilines is 3. The van der Waals surface area contributed by atoms with Gasteiger partial charge in [0.1, 0.15) is 27.8 Å². The monoisotopic (exact) mass is 460 g/mol. The predicted molar refractivity (Wildman–Crippen MR) is 123 cm³/mol. The van der Waals surface area contributed by atoms with Gasteiger partial charge in [-0.1, -0.05) is 23.7 Å². The second kappa shape index (κ2) is 8.43. The van der Waals surface area contributed by atoms with Crippen molar-refractivity contribution in [1.82, 2.24) is 9.55 Å². The lowest BCUT2D eigenvalue weighted by Gasteiger charge is -2.18. The predicted octanol–water partition coefficient (Wildman–Crippen LogP) is 4.56. The molecule has 0 saturated heterocycles. The minimum absolute atomic E-state index is 0.0931. The molecule has 0 amide bonds. The molecule has 6 nitrogen and oxygen atoms in total. The molecule has 1 fully saturated rings. The van der Waals surface area contributed by atoms with Gasteiger partial charge in [-0.25, -0.2) is 13.6 Å². The Morgan fingerprint density at radius 1 is 1.19 bits per heavy atom. The molecule has 0 radical (unpaired) electrons. The van der Waals surface area contributed by atoms with Crippen LogP contribution in [0.1, 0.15) is 29.0 Å². The number of hydrogen-bond acceptors (Lipinski definition) is 4. The number of pyridine rings is 2. The van der Waals surface area contributed by atoms with Gasteiger partial charge >= 0.3 is 0 Å². The summed E-state index contributed by atoms with van der Waals surface area (Å²) in [5.74, 6) is 0.0346. The van der Waals surface area contributed by atoms with Crippen LogP contribution in [-0.4, -0.2) is 19.0 Å². The van der Waals surface area contributed by atoms with Crippen LogP contribution >= 0.6 is 11.6 Å². The molecule has 2 heterocycles. The highest BCUT2D eigenvalue weighted by atomic mass is 35.5. The number of halogens is 2. The lowest BCUT2D eigenvalue weighted by molar-refractivity contribution is 0.630. The largest absolute Gasteiger partial charge is 0.337 e. The third-order valence-electron chi connectivity index (χ3n) is 5.37. The molecule has 3 unspecified atom stereocenters. The minimum Gasteiger partial charge on any atom is -0.337 e. The molecule has 1 aliphatic rings. The first-order valence-corrected chi connectivity index (χ1v) is 11.4. The van der Waals surface area contributed by atoms with E-state index in [-0.39, 0.29) is 22.4 Å². The van der Waals surface area contributed by atoms with Crippen LogP contribution in [0.3, 0.4) is 0 Å². The average molecular weight is 461 g/mol. The third kappa shape index (κ3) is 4.50. The number of aryl methyl sites for hydroxylation is 2. The van der Waals surface area contributed by atoms with E-state index < -0.39 is 16.8 Å². The lowest BCUT2D eigenvalue weighted by atomic mass is 10.2. The van der Waals surface area contributed by atoms with Gasteiger partial charge in [-0.05, 0) is 55.7 Å². The van der Waals surface area contributed by atoms with Crippen LogP contribution < -0.4 is 15.6 Å². The second-order valence-electron chi connectivity index (χ2n) is 7.76. The molecule has 162 valence electrons. The zero-order valence-electron chi connectivity index (χ0n) is 17.3. The van der Waals surface area contributed by atoms with Gasteiger partial charge in [0, 0.05) is 24.7 Å². The van der Waals surface area contributed by atoms with E-state index in [0.29, 0.717) is 22.2 Å². The number of nitrogens with one attached hydrogen (secondary N) is 2. The topological polar surface area (TPSA) is 76.0 Å². The summed E-state index contributed by atoms with van der Waals surface area (Å²) < 4.78 is 31.8. The van der Waals surface area contributed by atoms with Crippen molar-refractivity contribution in [2.24, 2.45) is 7.05 Å². The van der Waals surface area contributed by atoms with E-state index in [9.17, 15) is 13.4 Å². The summed E-state index contributed by atoms with van der Waals surface area (Å²) >= 11 is 5.84. The first-order valence-electron chi connectivity index (χ1n) is 9.77. The quantitative estimate of drug-likeness (QED) is 0.528. The fourth-order valence-corrected chi connectivity index (χ4v) is 4.99. The Labute approximate surface area is 187 Å². The Morgan fingerprint density at radius 3 is 2.65 bits per heavy atom. The van der Waals surface area contributed by atoms with Gasteiger partial charge < -0.3 is 10.0 Å². The fourth-order valence-electron chi connectivity index (χ4n) is 3.52. The zero-order chi connectivity index (χ0) is 22.3. The zero-order valence-corrected chi connectivity index (χ0v) is 18.9. The maximum atomic E-state index is 14.4. The van der Waals surface area contributed by atoms with Crippen molar-refractivity contribution in [3.63, 3.8) is 0 Å². The normalized spacial score (nSPS) is 18.5. The highest BCUT2D eigenvalue weighted by Gasteiger charge is 2.44. The summed E-state index contributed by atoms with van der Waals surface area (Å²) in [6.45, 7) is 3.48. The van der Waals surface area contributed by atoms with E-state index in [0.717, 1.165) is 17.5 Å². The van der Waals surface area contributed by atoms with Gasteiger partial charge in [0.25, 0.3) is 5.56 Å². The third-order valence-corrected chi connectivity index (χ3v) is 7.08. The van der Waals surface area contributed by atoms with E-state index in [1.54, 1.807) is 51.4 Å². The van der Waals surface area contributed by atoms with Gasteiger partial charge in [-0.3, -0.25) is 9.36 Å². The summed E-state index contributed by atoms with van der Waals surface area (Å²) in [5.41, 5.74) is 2.75. The molecule has 4 rings (SSSR count). The van der Waals surface area contributed by atoms with Crippen LogP contribution in [0.25, 0.3) is 0 Å². The number of rotatable bonds is 6. The fraction of sp³-hybridized carbons (Fsp3) is 0.273. The number of benzene rings is 1. The molecule has 2 N–H and O–H groups in total. The molecule has 2 aromatic heterocycles. The highest BCUT2D eigenvalue weighted by Crippen LogP contribution is 2.45. The number of aromatic nitrogens is 2. The van der Waals surface area contributed by atoms with Crippen LogP contribution in [0.5, 0.6) is 0 Å². The molecule has 3 atom stereocenters. The van der Waals surface area contributed by atoms with E-state index >= 15 is 0 Å². The maximum absolute atomic E-state index is 14.4. The van der Waals surface area contributed by atoms with Crippen LogP contribution in [0.2, 0.25) is 5.15 Å². The van der Waals surface area contributed by atoms with E-state index in [1.165, 1.54) is 10.6 Å². The van der Waals surface area contributed by atoms with Crippen molar-refractivity contribution in [2.75, 3.05) is 10.0 Å². The lowest BCUT2D eigenvalue weighted by Crippen LogP contribution is -2.24.